The summed E-state index contributed by atoms with van der Waals surface area (Å²) in [5, 5.41) is 0. The highest BCUT2D eigenvalue weighted by molar-refractivity contribution is 7.80. The highest BCUT2D eigenvalue weighted by Crippen LogP contribution is 2.24. The molecule has 20 heavy (non-hydrogen) atoms. The van der Waals surface area contributed by atoms with Gasteiger partial charge in [-0.15, -0.1) is 0 Å². The largest absolute Gasteiger partial charge is 0.389 e. The van der Waals surface area contributed by atoms with E-state index in [0.717, 1.165) is 30.5 Å². The lowest BCUT2D eigenvalue weighted by Crippen LogP contribution is -2.39. The lowest BCUT2D eigenvalue weighted by molar-refractivity contribution is -0.132. The van der Waals surface area contributed by atoms with Gasteiger partial charge >= 0.3 is 0 Å². The number of benzene rings is 1. The Labute approximate surface area is 126 Å². The summed E-state index contributed by atoms with van der Waals surface area (Å²) in [4.78, 5) is 14.9. The molecule has 2 rings (SSSR count). The summed E-state index contributed by atoms with van der Waals surface area (Å²) < 4.78 is 0. The molecule has 0 bridgehead atoms. The zero-order chi connectivity index (χ0) is 14.5. The number of thiocarbonyl (C=S) groups is 1. The molecule has 0 aliphatic heterocycles. The normalized spacial score (nSPS) is 15.2. The minimum atomic E-state index is 0.225. The van der Waals surface area contributed by atoms with Gasteiger partial charge in [-0.2, -0.15) is 0 Å². The fraction of sp³-hybridized carbons (Fsp3) is 0.500. The Balaban J connectivity index is 2.00. The summed E-state index contributed by atoms with van der Waals surface area (Å²) in [6.45, 7) is 2.86. The lowest BCUT2D eigenvalue weighted by Gasteiger charge is -2.27. The van der Waals surface area contributed by atoms with Gasteiger partial charge in [0.05, 0.1) is 6.42 Å². The summed E-state index contributed by atoms with van der Waals surface area (Å²) in [6, 6.07) is 8.10. The van der Waals surface area contributed by atoms with Crippen molar-refractivity contribution in [3.05, 3.63) is 35.4 Å². The summed E-state index contributed by atoms with van der Waals surface area (Å²) >= 11 is 4.93. The van der Waals surface area contributed by atoms with Gasteiger partial charge in [0.2, 0.25) is 5.91 Å². The molecule has 1 saturated carbocycles. The first-order valence-electron chi connectivity index (χ1n) is 7.30. The average molecular weight is 290 g/mol. The molecule has 4 heteroatoms. The van der Waals surface area contributed by atoms with E-state index in [-0.39, 0.29) is 5.91 Å². The number of hydrogen-bond acceptors (Lipinski definition) is 2. The van der Waals surface area contributed by atoms with Gasteiger partial charge in [-0.3, -0.25) is 4.79 Å². The minimum absolute atomic E-state index is 0.225. The van der Waals surface area contributed by atoms with E-state index in [1.54, 1.807) is 0 Å². The molecule has 1 aliphatic rings. The topological polar surface area (TPSA) is 46.3 Å². The van der Waals surface area contributed by atoms with Crippen LogP contribution in [0.2, 0.25) is 0 Å². The predicted molar refractivity (Wildman–Crippen MR) is 85.7 cm³/mol. The van der Waals surface area contributed by atoms with Gasteiger partial charge in [-0.1, -0.05) is 49.3 Å². The summed E-state index contributed by atoms with van der Waals surface area (Å²) in [5.41, 5.74) is 7.44. The van der Waals surface area contributed by atoms with Crippen LogP contribution in [0.1, 0.15) is 43.7 Å². The molecule has 2 N–H and O–H groups in total. The van der Waals surface area contributed by atoms with Gasteiger partial charge in [0.25, 0.3) is 0 Å². The molecule has 1 fully saturated rings. The van der Waals surface area contributed by atoms with Gasteiger partial charge in [-0.05, 0) is 25.3 Å². The van der Waals surface area contributed by atoms with Crippen molar-refractivity contribution in [1.82, 2.24) is 4.90 Å². The van der Waals surface area contributed by atoms with Crippen LogP contribution in [-0.2, 0) is 11.2 Å². The average Bonchev–Trinajstić information content (AvgIpc) is 2.94. The van der Waals surface area contributed by atoms with Crippen LogP contribution in [0, 0.1) is 0 Å². The third kappa shape index (κ3) is 3.57. The highest BCUT2D eigenvalue weighted by Gasteiger charge is 2.25. The van der Waals surface area contributed by atoms with Crippen molar-refractivity contribution < 1.29 is 4.79 Å². The van der Waals surface area contributed by atoms with Gasteiger partial charge < -0.3 is 10.6 Å². The molecule has 0 unspecified atom stereocenters. The van der Waals surface area contributed by atoms with Crippen molar-refractivity contribution in [2.45, 2.75) is 45.1 Å². The third-order valence-electron chi connectivity index (χ3n) is 4.02. The second-order valence-corrected chi connectivity index (χ2v) is 5.80. The van der Waals surface area contributed by atoms with Crippen molar-refractivity contribution in [2.24, 2.45) is 5.73 Å². The smallest absolute Gasteiger partial charge is 0.227 e. The van der Waals surface area contributed by atoms with E-state index in [2.05, 4.69) is 6.92 Å². The van der Waals surface area contributed by atoms with Gasteiger partial charge in [0.1, 0.15) is 4.99 Å². The molecule has 1 amide bonds. The molecular formula is C16H22N2OS. The third-order valence-corrected chi connectivity index (χ3v) is 4.26. The number of rotatable bonds is 5. The van der Waals surface area contributed by atoms with Crippen LogP contribution in [0.25, 0.3) is 0 Å². The first kappa shape index (κ1) is 15.0. The first-order chi connectivity index (χ1) is 9.61. The molecule has 0 atom stereocenters. The van der Waals surface area contributed by atoms with E-state index in [1.165, 1.54) is 12.8 Å². The monoisotopic (exact) mass is 290 g/mol. The SMILES string of the molecule is CCN(C(=O)Cc1ccc(C(N)=S)cc1)C1CCCC1. The Morgan fingerprint density at radius 1 is 1.30 bits per heavy atom. The molecule has 1 aliphatic carbocycles. The molecule has 1 aromatic carbocycles. The van der Waals surface area contributed by atoms with Crippen LogP contribution in [0.15, 0.2) is 24.3 Å². The number of carbonyl (C=O) groups excluding carboxylic acids is 1. The van der Waals surface area contributed by atoms with Crippen LogP contribution in [-0.4, -0.2) is 28.4 Å². The first-order valence-corrected chi connectivity index (χ1v) is 7.71. The van der Waals surface area contributed by atoms with Gasteiger partial charge in [0, 0.05) is 18.2 Å². The Bertz CT molecular complexity index is 478. The molecular weight excluding hydrogens is 268 g/mol. The van der Waals surface area contributed by atoms with Crippen molar-refractivity contribution in [1.29, 1.82) is 0 Å². The predicted octanol–water partition coefficient (Wildman–Crippen LogP) is 2.65. The zero-order valence-electron chi connectivity index (χ0n) is 12.0. The van der Waals surface area contributed by atoms with Crippen LogP contribution in [0.5, 0.6) is 0 Å². The molecule has 0 aromatic heterocycles. The Morgan fingerprint density at radius 3 is 2.40 bits per heavy atom. The zero-order valence-corrected chi connectivity index (χ0v) is 12.8. The number of nitrogens with two attached hydrogens (primary N) is 1. The van der Waals surface area contributed by atoms with Crippen LogP contribution < -0.4 is 5.73 Å². The number of nitrogens with zero attached hydrogens (tertiary/aromatic N) is 1. The quantitative estimate of drug-likeness (QED) is 0.848. The second kappa shape index (κ2) is 6.84. The molecule has 0 radical (unpaired) electrons. The fourth-order valence-corrected chi connectivity index (χ4v) is 3.05. The summed E-state index contributed by atoms with van der Waals surface area (Å²) in [6.07, 6.45) is 5.26. The van der Waals surface area contributed by atoms with Gasteiger partial charge in [0.15, 0.2) is 0 Å². The van der Waals surface area contributed by atoms with E-state index >= 15 is 0 Å². The number of hydrogen-bond donors (Lipinski definition) is 1. The fourth-order valence-electron chi connectivity index (χ4n) is 2.92. The van der Waals surface area contributed by atoms with Crippen molar-refractivity contribution in [3.8, 4) is 0 Å². The maximum atomic E-state index is 12.4. The Hall–Kier alpha value is -1.42. The molecule has 0 heterocycles. The number of likely N-dealkylation sites (N-methyl/N-ethyl adjacent to an activating group) is 1. The summed E-state index contributed by atoms with van der Waals surface area (Å²) in [7, 11) is 0. The van der Waals surface area contributed by atoms with Crippen molar-refractivity contribution >= 4 is 23.1 Å². The highest BCUT2D eigenvalue weighted by atomic mass is 32.1. The Kier molecular flexibility index (Phi) is 5.12. The molecule has 3 nitrogen and oxygen atoms in total. The summed E-state index contributed by atoms with van der Waals surface area (Å²) in [5.74, 6) is 0.225. The van der Waals surface area contributed by atoms with E-state index in [9.17, 15) is 4.79 Å². The van der Waals surface area contributed by atoms with E-state index in [4.69, 9.17) is 18.0 Å². The standard InChI is InChI=1S/C16H22N2OS/c1-2-18(14-5-3-4-6-14)15(19)11-12-7-9-13(10-8-12)16(17)20/h7-10,14H,2-6,11H2,1H3,(H2,17,20). The molecule has 1 aromatic rings. The maximum Gasteiger partial charge on any atom is 0.227 e. The van der Waals surface area contributed by atoms with Crippen LogP contribution in [0.4, 0.5) is 0 Å². The van der Waals surface area contributed by atoms with E-state index in [0.29, 0.717) is 17.5 Å². The maximum absolute atomic E-state index is 12.4. The molecule has 0 spiro atoms. The van der Waals surface area contributed by atoms with Crippen LogP contribution in [0.3, 0.4) is 0 Å². The molecule has 0 saturated heterocycles. The van der Waals surface area contributed by atoms with Crippen LogP contribution >= 0.6 is 12.2 Å². The van der Waals surface area contributed by atoms with E-state index in [1.807, 2.05) is 29.2 Å². The number of amides is 1. The number of carbonyl (C=O) groups is 1. The van der Waals surface area contributed by atoms with Gasteiger partial charge in [-0.25, -0.2) is 0 Å². The second-order valence-electron chi connectivity index (χ2n) is 5.36. The lowest BCUT2D eigenvalue weighted by atomic mass is 10.1. The van der Waals surface area contributed by atoms with E-state index < -0.39 is 0 Å². The Morgan fingerprint density at radius 2 is 1.90 bits per heavy atom. The van der Waals surface area contributed by atoms with Crippen molar-refractivity contribution in [2.75, 3.05) is 6.54 Å². The molecule has 108 valence electrons. The van der Waals surface area contributed by atoms with Crippen molar-refractivity contribution in [3.63, 3.8) is 0 Å². The minimum Gasteiger partial charge on any atom is -0.389 e.